The molecule has 0 aromatic heterocycles. The fraction of sp³-hybridized carbons (Fsp3) is 0.400. The Hall–Kier alpha value is -0.150. The normalized spacial score (nSPS) is 12.9. The summed E-state index contributed by atoms with van der Waals surface area (Å²) in [5, 5.41) is 10.0. The van der Waals surface area contributed by atoms with E-state index in [9.17, 15) is 5.11 Å². The number of hydrogen-bond acceptors (Lipinski definition) is 2. The topological polar surface area (TPSA) is 29.5 Å². The van der Waals surface area contributed by atoms with E-state index in [0.717, 1.165) is 0 Å². The second-order valence-corrected chi connectivity index (χ2v) is 4.47. The molecule has 1 atom stereocenters. The number of rotatable bonds is 4. The van der Waals surface area contributed by atoms with E-state index in [0.29, 0.717) is 22.9 Å². The molecule has 1 aromatic carbocycles. The Morgan fingerprint density at radius 1 is 1.40 bits per heavy atom. The Kier molecular flexibility index (Phi) is 5.00. The fourth-order valence-electron chi connectivity index (χ4n) is 1.12. The first-order valence-corrected chi connectivity index (χ1v) is 5.69. The van der Waals surface area contributed by atoms with Gasteiger partial charge in [-0.25, -0.2) is 0 Å². The van der Waals surface area contributed by atoms with Gasteiger partial charge in [-0.15, -0.1) is 23.2 Å². The number of aliphatic hydroxyl groups is 1. The molecule has 0 saturated carbocycles. The van der Waals surface area contributed by atoms with Crippen molar-refractivity contribution in [2.24, 2.45) is 0 Å². The van der Waals surface area contributed by atoms with Crippen molar-refractivity contribution in [3.8, 4) is 5.75 Å². The van der Waals surface area contributed by atoms with Crippen molar-refractivity contribution in [3.63, 3.8) is 0 Å². The third-order valence-corrected chi connectivity index (χ3v) is 2.61. The van der Waals surface area contributed by atoms with Crippen LogP contribution in [0.25, 0.3) is 0 Å². The van der Waals surface area contributed by atoms with Gasteiger partial charge in [0.15, 0.2) is 0 Å². The molecule has 15 heavy (non-hydrogen) atoms. The van der Waals surface area contributed by atoms with E-state index in [-0.39, 0.29) is 0 Å². The number of ether oxygens (including phenoxy) is 1. The van der Waals surface area contributed by atoms with Gasteiger partial charge in [0.2, 0.25) is 0 Å². The van der Waals surface area contributed by atoms with Crippen LogP contribution < -0.4 is 4.74 Å². The first kappa shape index (κ1) is 12.9. The SMILES string of the molecule is CCOc1ccc(C(O)C(Cl)Cl)cc1Cl. The number of benzene rings is 1. The predicted octanol–water partition coefficient (Wildman–Crippen LogP) is 3.58. The lowest BCUT2D eigenvalue weighted by atomic mass is 10.1. The number of aliphatic hydroxyl groups excluding tert-OH is 1. The molecule has 2 nitrogen and oxygen atoms in total. The van der Waals surface area contributed by atoms with Crippen molar-refractivity contribution in [3.05, 3.63) is 28.8 Å². The molecular formula is C10H11Cl3O2. The standard InChI is InChI=1S/C10H11Cl3O2/c1-2-15-8-4-3-6(5-7(8)11)9(14)10(12)13/h3-5,9-10,14H,2H2,1H3. The molecule has 84 valence electrons. The van der Waals surface area contributed by atoms with Crippen LogP contribution >= 0.6 is 34.8 Å². The summed E-state index contributed by atoms with van der Waals surface area (Å²) in [5.74, 6) is 0.579. The summed E-state index contributed by atoms with van der Waals surface area (Å²) in [6.45, 7) is 2.40. The summed E-state index contributed by atoms with van der Waals surface area (Å²) in [7, 11) is 0. The molecule has 0 aliphatic carbocycles. The van der Waals surface area contributed by atoms with Gasteiger partial charge in [-0.2, -0.15) is 0 Å². The highest BCUT2D eigenvalue weighted by atomic mass is 35.5. The summed E-state index contributed by atoms with van der Waals surface area (Å²) >= 11 is 17.0. The minimum atomic E-state index is -0.943. The van der Waals surface area contributed by atoms with E-state index in [1.54, 1.807) is 18.2 Å². The fourth-order valence-corrected chi connectivity index (χ4v) is 1.65. The van der Waals surface area contributed by atoms with Crippen LogP contribution in [0.5, 0.6) is 5.75 Å². The van der Waals surface area contributed by atoms with Crippen LogP contribution in [0.1, 0.15) is 18.6 Å². The second-order valence-electron chi connectivity index (χ2n) is 2.90. The van der Waals surface area contributed by atoms with Crippen molar-refractivity contribution in [1.29, 1.82) is 0 Å². The smallest absolute Gasteiger partial charge is 0.137 e. The van der Waals surface area contributed by atoms with Gasteiger partial charge >= 0.3 is 0 Å². The lowest BCUT2D eigenvalue weighted by Gasteiger charge is -2.13. The molecule has 0 amide bonds. The van der Waals surface area contributed by atoms with Crippen molar-refractivity contribution in [1.82, 2.24) is 0 Å². The quantitative estimate of drug-likeness (QED) is 0.847. The van der Waals surface area contributed by atoms with Crippen LogP contribution in [-0.2, 0) is 0 Å². The van der Waals surface area contributed by atoms with Gasteiger partial charge in [-0.3, -0.25) is 0 Å². The molecule has 1 N–H and O–H groups in total. The highest BCUT2D eigenvalue weighted by molar-refractivity contribution is 6.44. The minimum absolute atomic E-state index is 0.433. The summed E-state index contributed by atoms with van der Waals surface area (Å²) in [4.78, 5) is -0.876. The van der Waals surface area contributed by atoms with E-state index >= 15 is 0 Å². The zero-order valence-electron chi connectivity index (χ0n) is 8.08. The van der Waals surface area contributed by atoms with E-state index in [2.05, 4.69) is 0 Å². The zero-order chi connectivity index (χ0) is 11.4. The molecule has 0 saturated heterocycles. The van der Waals surface area contributed by atoms with Crippen molar-refractivity contribution >= 4 is 34.8 Å². The molecule has 0 bridgehead atoms. The Morgan fingerprint density at radius 3 is 2.53 bits per heavy atom. The van der Waals surface area contributed by atoms with E-state index in [1.165, 1.54) is 0 Å². The molecular weight excluding hydrogens is 258 g/mol. The molecule has 0 radical (unpaired) electrons. The minimum Gasteiger partial charge on any atom is -0.492 e. The van der Waals surface area contributed by atoms with Crippen LogP contribution in [0.3, 0.4) is 0 Å². The molecule has 0 spiro atoms. The van der Waals surface area contributed by atoms with Gasteiger partial charge in [-0.1, -0.05) is 17.7 Å². The highest BCUT2D eigenvalue weighted by Gasteiger charge is 2.16. The zero-order valence-corrected chi connectivity index (χ0v) is 10.4. The molecule has 1 unspecified atom stereocenters. The Labute approximate surface area is 104 Å². The third kappa shape index (κ3) is 3.42. The highest BCUT2D eigenvalue weighted by Crippen LogP contribution is 2.31. The first-order valence-electron chi connectivity index (χ1n) is 4.44. The van der Waals surface area contributed by atoms with Gasteiger partial charge in [0.05, 0.1) is 11.6 Å². The molecule has 1 aromatic rings. The first-order chi connectivity index (χ1) is 7.06. The molecule has 5 heteroatoms. The summed E-state index contributed by atoms with van der Waals surface area (Å²) in [5.41, 5.74) is 0.568. The molecule has 0 fully saturated rings. The molecule has 0 aliphatic rings. The van der Waals surface area contributed by atoms with Crippen LogP contribution in [0.4, 0.5) is 0 Å². The number of alkyl halides is 2. The average molecular weight is 270 g/mol. The van der Waals surface area contributed by atoms with Crippen molar-refractivity contribution < 1.29 is 9.84 Å². The van der Waals surface area contributed by atoms with Crippen LogP contribution in [0, 0.1) is 0 Å². The Balaban J connectivity index is 2.90. The van der Waals surface area contributed by atoms with Gasteiger partial charge in [-0.05, 0) is 24.6 Å². The summed E-state index contributed by atoms with van der Waals surface area (Å²) in [6.07, 6.45) is -0.943. The van der Waals surface area contributed by atoms with Gasteiger partial charge in [0.1, 0.15) is 16.7 Å². The Bertz CT molecular complexity index is 328. The van der Waals surface area contributed by atoms with Crippen molar-refractivity contribution in [2.45, 2.75) is 17.9 Å². The maximum atomic E-state index is 9.58. The maximum Gasteiger partial charge on any atom is 0.137 e. The van der Waals surface area contributed by atoms with Crippen LogP contribution in [-0.4, -0.2) is 16.5 Å². The second kappa shape index (κ2) is 5.80. The maximum absolute atomic E-state index is 9.58. The monoisotopic (exact) mass is 268 g/mol. The summed E-state index contributed by atoms with van der Waals surface area (Å²) < 4.78 is 5.25. The Morgan fingerprint density at radius 2 is 2.07 bits per heavy atom. The van der Waals surface area contributed by atoms with Crippen LogP contribution in [0.2, 0.25) is 5.02 Å². The average Bonchev–Trinajstić information content (AvgIpc) is 2.20. The molecule has 0 heterocycles. The van der Waals surface area contributed by atoms with Crippen LogP contribution in [0.15, 0.2) is 18.2 Å². The van der Waals surface area contributed by atoms with Gasteiger partial charge in [0.25, 0.3) is 0 Å². The van der Waals surface area contributed by atoms with E-state index < -0.39 is 10.9 Å². The third-order valence-electron chi connectivity index (χ3n) is 1.84. The van der Waals surface area contributed by atoms with E-state index in [1.807, 2.05) is 6.92 Å². The lowest BCUT2D eigenvalue weighted by Crippen LogP contribution is -2.06. The predicted molar refractivity (Wildman–Crippen MR) is 63.1 cm³/mol. The van der Waals surface area contributed by atoms with Crippen molar-refractivity contribution in [2.75, 3.05) is 6.61 Å². The van der Waals surface area contributed by atoms with Gasteiger partial charge in [0, 0.05) is 0 Å². The largest absolute Gasteiger partial charge is 0.492 e. The summed E-state index contributed by atoms with van der Waals surface area (Å²) in [6, 6.07) is 4.95. The lowest BCUT2D eigenvalue weighted by molar-refractivity contribution is 0.192. The number of halogens is 3. The number of hydrogen-bond donors (Lipinski definition) is 1. The molecule has 1 rings (SSSR count). The van der Waals surface area contributed by atoms with Gasteiger partial charge < -0.3 is 9.84 Å². The molecule has 0 aliphatic heterocycles. The van der Waals surface area contributed by atoms with E-state index in [4.69, 9.17) is 39.5 Å².